The molecule has 2 heterocycles. The second-order valence-corrected chi connectivity index (χ2v) is 5.35. The van der Waals surface area contributed by atoms with Gasteiger partial charge in [0.15, 0.2) is 5.82 Å². The summed E-state index contributed by atoms with van der Waals surface area (Å²) in [5.74, 6) is 1.87. The van der Waals surface area contributed by atoms with Gasteiger partial charge in [-0.2, -0.15) is 4.98 Å². The van der Waals surface area contributed by atoms with Gasteiger partial charge in [0.2, 0.25) is 5.89 Å². The summed E-state index contributed by atoms with van der Waals surface area (Å²) in [6, 6.07) is 0.231. The number of nitrogens with two attached hydrogens (primary N) is 1. The number of likely N-dealkylation sites (N-methyl/N-ethyl adjacent to an activating group) is 2. The third-order valence-corrected chi connectivity index (χ3v) is 3.56. The van der Waals surface area contributed by atoms with Crippen molar-refractivity contribution in [2.45, 2.75) is 19.4 Å². The largest absolute Gasteiger partial charge is 0.339 e. The van der Waals surface area contributed by atoms with Gasteiger partial charge in [0.25, 0.3) is 0 Å². The molecular weight excluding hydrogens is 230 g/mol. The van der Waals surface area contributed by atoms with Crippen LogP contribution in [0.25, 0.3) is 0 Å². The zero-order chi connectivity index (χ0) is 13.1. The van der Waals surface area contributed by atoms with Crippen LogP contribution in [-0.2, 0) is 6.42 Å². The van der Waals surface area contributed by atoms with E-state index in [4.69, 9.17) is 10.3 Å². The molecule has 2 N–H and O–H groups in total. The smallest absolute Gasteiger partial charge is 0.227 e. The van der Waals surface area contributed by atoms with Gasteiger partial charge in [-0.05, 0) is 26.6 Å². The zero-order valence-corrected chi connectivity index (χ0v) is 11.5. The third-order valence-electron chi connectivity index (χ3n) is 3.56. The second kappa shape index (κ2) is 5.77. The van der Waals surface area contributed by atoms with Crippen molar-refractivity contribution >= 4 is 0 Å². The molecule has 0 radical (unpaired) electrons. The topological polar surface area (TPSA) is 71.4 Å². The van der Waals surface area contributed by atoms with Crippen LogP contribution in [0.3, 0.4) is 0 Å². The van der Waals surface area contributed by atoms with E-state index in [1.807, 2.05) is 0 Å². The Hall–Kier alpha value is -0.980. The summed E-state index contributed by atoms with van der Waals surface area (Å²) >= 11 is 0. The molecule has 6 nitrogen and oxygen atoms in total. The Balaban J connectivity index is 2.04. The molecule has 1 saturated heterocycles. The van der Waals surface area contributed by atoms with Crippen LogP contribution in [0.1, 0.15) is 24.7 Å². The van der Waals surface area contributed by atoms with Crippen molar-refractivity contribution in [3.8, 4) is 0 Å². The highest BCUT2D eigenvalue weighted by molar-refractivity contribution is 4.98. The minimum absolute atomic E-state index is 0.231. The quantitative estimate of drug-likeness (QED) is 0.822. The first-order chi connectivity index (χ1) is 8.60. The van der Waals surface area contributed by atoms with E-state index >= 15 is 0 Å². The molecule has 1 aromatic rings. The molecule has 2 rings (SSSR count). The van der Waals surface area contributed by atoms with Crippen LogP contribution in [0.4, 0.5) is 0 Å². The molecule has 1 aliphatic heterocycles. The third kappa shape index (κ3) is 3.07. The van der Waals surface area contributed by atoms with Crippen molar-refractivity contribution in [3.63, 3.8) is 0 Å². The first-order valence-corrected chi connectivity index (χ1v) is 6.51. The van der Waals surface area contributed by atoms with E-state index in [1.165, 1.54) is 0 Å². The van der Waals surface area contributed by atoms with Gasteiger partial charge in [0.1, 0.15) is 0 Å². The predicted octanol–water partition coefficient (Wildman–Crippen LogP) is 0.125. The number of rotatable bonds is 4. The normalized spacial score (nSPS) is 24.3. The summed E-state index contributed by atoms with van der Waals surface area (Å²) in [4.78, 5) is 9.08. The van der Waals surface area contributed by atoms with Crippen LogP contribution in [0, 0.1) is 5.92 Å². The van der Waals surface area contributed by atoms with Crippen molar-refractivity contribution < 1.29 is 4.52 Å². The molecule has 0 amide bonds. The van der Waals surface area contributed by atoms with Crippen LogP contribution in [0.5, 0.6) is 0 Å². The van der Waals surface area contributed by atoms with Crippen molar-refractivity contribution in [1.29, 1.82) is 0 Å². The van der Waals surface area contributed by atoms with E-state index in [0.29, 0.717) is 18.4 Å². The van der Waals surface area contributed by atoms with Crippen molar-refractivity contribution in [3.05, 3.63) is 11.7 Å². The minimum Gasteiger partial charge on any atom is -0.339 e. The molecular formula is C12H23N5O. The maximum absolute atomic E-state index is 5.60. The van der Waals surface area contributed by atoms with E-state index in [2.05, 4.69) is 41.0 Å². The van der Waals surface area contributed by atoms with Gasteiger partial charge in [-0.15, -0.1) is 0 Å². The Morgan fingerprint density at radius 2 is 2.22 bits per heavy atom. The van der Waals surface area contributed by atoms with Crippen LogP contribution < -0.4 is 5.73 Å². The standard InChI is InChI=1S/C12H23N5O/c1-9(7-13)6-11-14-12(15-18-11)10-8-16(2)4-5-17(10)3/h9-10H,4-8,13H2,1-3H3. The van der Waals surface area contributed by atoms with Gasteiger partial charge in [0.05, 0.1) is 6.04 Å². The zero-order valence-electron chi connectivity index (χ0n) is 11.5. The lowest BCUT2D eigenvalue weighted by Crippen LogP contribution is -2.45. The highest BCUT2D eigenvalue weighted by atomic mass is 16.5. The lowest BCUT2D eigenvalue weighted by Gasteiger charge is -2.35. The summed E-state index contributed by atoms with van der Waals surface area (Å²) in [5.41, 5.74) is 5.60. The molecule has 18 heavy (non-hydrogen) atoms. The van der Waals surface area contributed by atoms with Gasteiger partial charge < -0.3 is 15.2 Å². The molecule has 0 saturated carbocycles. The molecule has 2 atom stereocenters. The fraction of sp³-hybridized carbons (Fsp3) is 0.833. The molecule has 0 aromatic carbocycles. The first-order valence-electron chi connectivity index (χ1n) is 6.51. The first kappa shape index (κ1) is 13.5. The summed E-state index contributed by atoms with van der Waals surface area (Å²) in [7, 11) is 4.23. The fourth-order valence-electron chi connectivity index (χ4n) is 2.16. The average molecular weight is 253 g/mol. The number of hydrogen-bond acceptors (Lipinski definition) is 6. The van der Waals surface area contributed by atoms with Gasteiger partial charge >= 0.3 is 0 Å². The maximum Gasteiger partial charge on any atom is 0.227 e. The summed E-state index contributed by atoms with van der Waals surface area (Å²) in [6.45, 7) is 5.79. The molecule has 1 aliphatic rings. The Labute approximate surface area is 108 Å². The summed E-state index contributed by atoms with van der Waals surface area (Å²) < 4.78 is 5.31. The van der Waals surface area contributed by atoms with E-state index in [1.54, 1.807) is 0 Å². The van der Waals surface area contributed by atoms with E-state index < -0.39 is 0 Å². The fourth-order valence-corrected chi connectivity index (χ4v) is 2.16. The van der Waals surface area contributed by atoms with Crippen LogP contribution in [-0.4, -0.2) is 60.2 Å². The van der Waals surface area contributed by atoms with E-state index in [9.17, 15) is 0 Å². The number of aromatic nitrogens is 2. The molecule has 1 fully saturated rings. The lowest BCUT2D eigenvalue weighted by molar-refractivity contribution is 0.108. The van der Waals surface area contributed by atoms with E-state index in [0.717, 1.165) is 31.9 Å². The van der Waals surface area contributed by atoms with Gasteiger partial charge in [0, 0.05) is 26.1 Å². The van der Waals surface area contributed by atoms with Crippen molar-refractivity contribution in [2.24, 2.45) is 11.7 Å². The lowest BCUT2D eigenvalue weighted by atomic mass is 10.1. The van der Waals surface area contributed by atoms with Crippen LogP contribution in [0.2, 0.25) is 0 Å². The monoisotopic (exact) mass is 253 g/mol. The Morgan fingerprint density at radius 1 is 1.44 bits per heavy atom. The number of piperazine rings is 1. The Kier molecular flexibility index (Phi) is 4.31. The van der Waals surface area contributed by atoms with Crippen LogP contribution in [0.15, 0.2) is 4.52 Å². The van der Waals surface area contributed by atoms with Gasteiger partial charge in [-0.25, -0.2) is 0 Å². The van der Waals surface area contributed by atoms with Crippen LogP contribution >= 0.6 is 0 Å². The molecule has 0 spiro atoms. The van der Waals surface area contributed by atoms with Crippen molar-refractivity contribution in [2.75, 3.05) is 40.3 Å². The van der Waals surface area contributed by atoms with E-state index in [-0.39, 0.29) is 6.04 Å². The van der Waals surface area contributed by atoms with Crippen molar-refractivity contribution in [1.82, 2.24) is 19.9 Å². The number of hydrogen-bond donors (Lipinski definition) is 1. The Morgan fingerprint density at radius 3 is 2.94 bits per heavy atom. The highest BCUT2D eigenvalue weighted by Gasteiger charge is 2.27. The summed E-state index contributed by atoms with van der Waals surface area (Å²) in [6.07, 6.45) is 0.760. The maximum atomic E-state index is 5.60. The summed E-state index contributed by atoms with van der Waals surface area (Å²) in [5, 5.41) is 4.12. The molecule has 0 bridgehead atoms. The molecule has 2 unspecified atom stereocenters. The minimum atomic E-state index is 0.231. The SMILES string of the molecule is CC(CN)Cc1nc(C2CN(C)CCN2C)no1. The molecule has 0 aliphatic carbocycles. The second-order valence-electron chi connectivity index (χ2n) is 5.35. The van der Waals surface area contributed by atoms with Gasteiger partial charge in [-0.1, -0.05) is 12.1 Å². The number of nitrogens with zero attached hydrogens (tertiary/aromatic N) is 4. The molecule has 1 aromatic heterocycles. The molecule has 6 heteroatoms. The van der Waals surface area contributed by atoms with Gasteiger partial charge in [-0.3, -0.25) is 4.90 Å². The highest BCUT2D eigenvalue weighted by Crippen LogP contribution is 2.21. The Bertz CT molecular complexity index is 380. The average Bonchev–Trinajstić information content (AvgIpc) is 2.80. The molecule has 102 valence electrons. The predicted molar refractivity (Wildman–Crippen MR) is 69.1 cm³/mol.